The summed E-state index contributed by atoms with van der Waals surface area (Å²) in [7, 11) is -5.34. The molecule has 18 heavy (non-hydrogen) atoms. The van der Waals surface area contributed by atoms with Crippen LogP contribution in [-0.4, -0.2) is 22.1 Å². The molecule has 0 aromatic heterocycles. The molecule has 0 aliphatic heterocycles. The van der Waals surface area contributed by atoms with Gasteiger partial charge in [0.05, 0.1) is 0 Å². The van der Waals surface area contributed by atoms with E-state index >= 15 is 0 Å². The molecule has 4 nitrogen and oxygen atoms in total. The molecule has 0 aliphatic carbocycles. The van der Waals surface area contributed by atoms with Crippen LogP contribution in [0.4, 0.5) is 13.2 Å². The van der Waals surface area contributed by atoms with Crippen molar-refractivity contribution in [3.63, 3.8) is 0 Å². The van der Waals surface area contributed by atoms with Gasteiger partial charge in [0.25, 0.3) is 12.3 Å². The summed E-state index contributed by atoms with van der Waals surface area (Å²) in [6, 6.07) is 0. The third-order valence-corrected chi connectivity index (χ3v) is 3.46. The summed E-state index contributed by atoms with van der Waals surface area (Å²) < 4.78 is 54.7. The Balaban J connectivity index is 5.45. The first-order valence-electron chi connectivity index (χ1n) is 5.75. The van der Waals surface area contributed by atoms with Crippen molar-refractivity contribution < 1.29 is 32.0 Å². The molecule has 0 radical (unpaired) electrons. The Morgan fingerprint density at radius 1 is 1.22 bits per heavy atom. The van der Waals surface area contributed by atoms with Gasteiger partial charge in [-0.05, 0) is 12.8 Å². The lowest BCUT2D eigenvalue weighted by Crippen LogP contribution is -2.50. The summed E-state index contributed by atoms with van der Waals surface area (Å²) >= 11 is 0. The third kappa shape index (κ3) is 4.23. The van der Waals surface area contributed by atoms with Gasteiger partial charge in [-0.15, -0.1) is 0 Å². The molecule has 0 amide bonds. The smallest absolute Gasteiger partial charge is 0.303 e. The van der Waals surface area contributed by atoms with Gasteiger partial charge < -0.3 is 9.79 Å². The van der Waals surface area contributed by atoms with Gasteiger partial charge in [0, 0.05) is 5.41 Å². The zero-order valence-corrected chi connectivity index (χ0v) is 11.6. The van der Waals surface area contributed by atoms with Crippen LogP contribution in [-0.2, 0) is 9.09 Å². The Morgan fingerprint density at radius 3 is 1.83 bits per heavy atom. The van der Waals surface area contributed by atoms with Crippen molar-refractivity contribution in [1.82, 2.24) is 0 Å². The number of hydrogen-bond acceptors (Lipinski definition) is 2. The number of phosphoric ester groups is 1. The fourth-order valence-electron chi connectivity index (χ4n) is 2.16. The van der Waals surface area contributed by atoms with E-state index in [-0.39, 0.29) is 12.8 Å². The monoisotopic (exact) mass is 292 g/mol. The Kier molecular flexibility index (Phi) is 6.33. The normalized spacial score (nSPS) is 16.9. The van der Waals surface area contributed by atoms with E-state index in [1.807, 2.05) is 0 Å². The molecule has 0 saturated heterocycles. The van der Waals surface area contributed by atoms with Crippen LogP contribution in [0.25, 0.3) is 0 Å². The minimum absolute atomic E-state index is 0.0433. The molecule has 0 aromatic carbocycles. The molecule has 0 bridgehead atoms. The molecular formula is C10H20F3O4P. The van der Waals surface area contributed by atoms with Crippen LogP contribution >= 0.6 is 7.82 Å². The highest BCUT2D eigenvalue weighted by atomic mass is 31.2. The number of halogens is 3. The second-order valence-electron chi connectivity index (χ2n) is 4.59. The molecule has 0 aromatic rings. The standard InChI is InChI=1S/C10H20F3O4P/c1-4-6-9(3,7-5-2)10(13,8(11)12)17-18(14,15)16/h8H,4-7H2,1-3H3,(H2,14,15,16). The van der Waals surface area contributed by atoms with E-state index in [2.05, 4.69) is 4.52 Å². The first-order valence-corrected chi connectivity index (χ1v) is 7.28. The molecule has 0 heterocycles. The highest BCUT2D eigenvalue weighted by Gasteiger charge is 2.59. The Bertz CT molecular complexity index is 301. The maximum atomic E-state index is 14.4. The van der Waals surface area contributed by atoms with Crippen molar-refractivity contribution in [2.45, 2.75) is 58.7 Å². The molecule has 0 saturated carbocycles. The second-order valence-corrected chi connectivity index (χ2v) is 5.75. The van der Waals surface area contributed by atoms with E-state index in [1.54, 1.807) is 13.8 Å². The van der Waals surface area contributed by atoms with Crippen molar-refractivity contribution in [1.29, 1.82) is 0 Å². The van der Waals surface area contributed by atoms with E-state index in [9.17, 15) is 17.7 Å². The second kappa shape index (κ2) is 6.37. The Labute approximate surface area is 105 Å². The van der Waals surface area contributed by atoms with Crippen molar-refractivity contribution in [3.05, 3.63) is 0 Å². The van der Waals surface area contributed by atoms with E-state index in [0.717, 1.165) is 0 Å². The predicted molar refractivity (Wildman–Crippen MR) is 60.9 cm³/mol. The van der Waals surface area contributed by atoms with Crippen LogP contribution in [0.2, 0.25) is 0 Å². The van der Waals surface area contributed by atoms with Crippen molar-refractivity contribution in [2.75, 3.05) is 0 Å². The quantitative estimate of drug-likeness (QED) is 0.670. The van der Waals surface area contributed by atoms with E-state index < -0.39 is 25.5 Å². The van der Waals surface area contributed by atoms with Gasteiger partial charge in [-0.1, -0.05) is 33.6 Å². The summed E-state index contributed by atoms with van der Waals surface area (Å²) in [4.78, 5) is 17.2. The van der Waals surface area contributed by atoms with Gasteiger partial charge in [0.1, 0.15) is 0 Å². The van der Waals surface area contributed by atoms with Gasteiger partial charge >= 0.3 is 7.82 Å². The molecule has 0 spiro atoms. The molecular weight excluding hydrogens is 272 g/mol. The highest BCUT2D eigenvalue weighted by Crippen LogP contribution is 2.54. The fraction of sp³-hybridized carbons (Fsp3) is 1.00. The van der Waals surface area contributed by atoms with Crippen molar-refractivity contribution in [3.8, 4) is 0 Å². The summed E-state index contributed by atoms with van der Waals surface area (Å²) in [6.45, 7) is 4.58. The van der Waals surface area contributed by atoms with Crippen LogP contribution < -0.4 is 0 Å². The molecule has 1 unspecified atom stereocenters. The van der Waals surface area contributed by atoms with E-state index in [1.165, 1.54) is 6.92 Å². The van der Waals surface area contributed by atoms with Crippen molar-refractivity contribution in [2.24, 2.45) is 5.41 Å². The van der Waals surface area contributed by atoms with Gasteiger partial charge in [-0.2, -0.15) is 0 Å². The number of phosphoric acid groups is 1. The minimum Gasteiger partial charge on any atom is -0.303 e. The zero-order chi connectivity index (χ0) is 14.6. The summed E-state index contributed by atoms with van der Waals surface area (Å²) in [5, 5.41) is 0. The predicted octanol–water partition coefficient (Wildman–Crippen LogP) is 3.63. The van der Waals surface area contributed by atoms with Crippen LogP contribution in [0.1, 0.15) is 46.5 Å². The van der Waals surface area contributed by atoms with Gasteiger partial charge in [0.15, 0.2) is 0 Å². The molecule has 0 rings (SSSR count). The number of rotatable bonds is 8. The zero-order valence-electron chi connectivity index (χ0n) is 10.7. The molecule has 8 heteroatoms. The summed E-state index contributed by atoms with van der Waals surface area (Å²) in [5.41, 5.74) is -1.65. The number of alkyl halides is 3. The lowest BCUT2D eigenvalue weighted by atomic mass is 9.75. The average Bonchev–Trinajstić information content (AvgIpc) is 2.15. The molecule has 0 aliphatic rings. The van der Waals surface area contributed by atoms with E-state index in [4.69, 9.17) is 9.79 Å². The van der Waals surface area contributed by atoms with Gasteiger partial charge in [0.2, 0.25) is 0 Å². The maximum Gasteiger partial charge on any atom is 0.472 e. The van der Waals surface area contributed by atoms with Gasteiger partial charge in [-0.25, -0.2) is 22.3 Å². The maximum absolute atomic E-state index is 14.4. The SMILES string of the molecule is CCCC(C)(CCC)C(F)(OP(=O)(O)O)C(F)F. The topological polar surface area (TPSA) is 66.8 Å². The largest absolute Gasteiger partial charge is 0.472 e. The van der Waals surface area contributed by atoms with Crippen LogP contribution in [0.15, 0.2) is 0 Å². The lowest BCUT2D eigenvalue weighted by Gasteiger charge is -2.41. The molecule has 2 N–H and O–H groups in total. The summed E-state index contributed by atoms with van der Waals surface area (Å²) in [6.07, 6.45) is -2.74. The minimum atomic E-state index is -5.34. The fourth-order valence-corrected chi connectivity index (χ4v) is 2.80. The molecule has 0 fully saturated rings. The van der Waals surface area contributed by atoms with Gasteiger partial charge in [-0.3, -0.25) is 0 Å². The highest BCUT2D eigenvalue weighted by molar-refractivity contribution is 7.46. The third-order valence-electron chi connectivity index (χ3n) is 2.96. The van der Waals surface area contributed by atoms with Crippen LogP contribution in [0.3, 0.4) is 0 Å². The number of hydrogen-bond donors (Lipinski definition) is 2. The first-order chi connectivity index (χ1) is 8.02. The summed E-state index contributed by atoms with van der Waals surface area (Å²) in [5.74, 6) is -3.65. The van der Waals surface area contributed by atoms with Crippen molar-refractivity contribution >= 4 is 7.82 Å². The first kappa shape index (κ1) is 17.9. The Hall–Kier alpha value is -0.100. The average molecular weight is 292 g/mol. The Morgan fingerprint density at radius 2 is 1.61 bits per heavy atom. The molecule has 1 atom stereocenters. The van der Waals surface area contributed by atoms with Crippen LogP contribution in [0.5, 0.6) is 0 Å². The lowest BCUT2D eigenvalue weighted by molar-refractivity contribution is -0.246. The van der Waals surface area contributed by atoms with E-state index in [0.29, 0.717) is 12.8 Å². The molecule has 110 valence electrons. The van der Waals surface area contributed by atoms with Crippen LogP contribution in [0, 0.1) is 5.41 Å².